The van der Waals surface area contributed by atoms with E-state index < -0.39 is 0 Å². The Balaban J connectivity index is 3.65. The van der Waals surface area contributed by atoms with E-state index in [-0.39, 0.29) is 18.0 Å². The molecule has 0 bridgehead atoms. The fourth-order valence-electron chi connectivity index (χ4n) is 5.28. The highest BCUT2D eigenvalue weighted by atomic mass is 16.5. The van der Waals surface area contributed by atoms with Crippen LogP contribution in [0.2, 0.25) is 0 Å². The number of allylic oxidation sites excluding steroid dienone is 2. The van der Waals surface area contributed by atoms with E-state index in [4.69, 9.17) is 18.9 Å². The van der Waals surface area contributed by atoms with Crippen LogP contribution in [0.5, 0.6) is 0 Å². The summed E-state index contributed by atoms with van der Waals surface area (Å²) in [6.45, 7) is 8.42. The Labute approximate surface area is 290 Å². The Kier molecular flexibility index (Phi) is 35.8. The third-order valence-electron chi connectivity index (χ3n) is 8.16. The molecule has 0 saturated heterocycles. The van der Waals surface area contributed by atoms with Crippen LogP contribution in [0.3, 0.4) is 0 Å². The minimum Gasteiger partial charge on any atom is -0.461 e. The van der Waals surface area contributed by atoms with E-state index in [1.54, 1.807) is 0 Å². The minimum atomic E-state index is -0.0925. The van der Waals surface area contributed by atoms with E-state index in [2.05, 4.69) is 45.0 Å². The summed E-state index contributed by atoms with van der Waals surface area (Å²) in [4.78, 5) is 25.9. The lowest BCUT2D eigenvalue weighted by molar-refractivity contribution is -0.143. The summed E-state index contributed by atoms with van der Waals surface area (Å²) in [5.41, 5.74) is 0. The third-order valence-corrected chi connectivity index (χ3v) is 8.16. The summed E-state index contributed by atoms with van der Waals surface area (Å²) in [7, 11) is 4.17. The number of rotatable bonds is 36. The first kappa shape index (κ1) is 45.3. The molecule has 0 heterocycles. The Hall–Kier alpha value is -1.70. The molecule has 7 heteroatoms. The number of ether oxygens (including phenoxy) is 4. The van der Waals surface area contributed by atoms with Crippen molar-refractivity contribution in [2.24, 2.45) is 0 Å². The predicted molar refractivity (Wildman–Crippen MR) is 197 cm³/mol. The summed E-state index contributed by atoms with van der Waals surface area (Å²) in [5, 5.41) is 0. The predicted octanol–water partition coefficient (Wildman–Crippen LogP) is 10.2. The molecular formula is C40H75NO6. The molecule has 0 spiro atoms. The van der Waals surface area contributed by atoms with Gasteiger partial charge in [-0.1, -0.05) is 115 Å². The van der Waals surface area contributed by atoms with Crippen molar-refractivity contribution < 1.29 is 28.5 Å². The molecule has 47 heavy (non-hydrogen) atoms. The van der Waals surface area contributed by atoms with Gasteiger partial charge in [0.25, 0.3) is 0 Å². The molecule has 0 rings (SSSR count). The maximum atomic E-state index is 11.9. The van der Waals surface area contributed by atoms with E-state index in [0.717, 1.165) is 96.8 Å². The van der Waals surface area contributed by atoms with Crippen LogP contribution in [0, 0.1) is 0 Å². The van der Waals surface area contributed by atoms with Crippen molar-refractivity contribution in [1.29, 1.82) is 0 Å². The second-order valence-corrected chi connectivity index (χ2v) is 13.2. The zero-order valence-electron chi connectivity index (χ0n) is 31.3. The number of esters is 2. The number of hydrogen-bond acceptors (Lipinski definition) is 7. The molecular weight excluding hydrogens is 590 g/mol. The lowest BCUT2D eigenvalue weighted by Crippen LogP contribution is -2.30. The molecule has 0 aromatic rings. The Morgan fingerprint density at radius 2 is 1.02 bits per heavy atom. The van der Waals surface area contributed by atoms with E-state index in [1.807, 2.05) is 12.2 Å². The Bertz CT molecular complexity index is 682. The lowest BCUT2D eigenvalue weighted by atomic mass is 10.1. The first-order valence-corrected chi connectivity index (χ1v) is 19.4. The monoisotopic (exact) mass is 666 g/mol. The number of hydrogen-bond donors (Lipinski definition) is 0. The maximum Gasteiger partial charge on any atom is 0.306 e. The van der Waals surface area contributed by atoms with Crippen molar-refractivity contribution in [3.05, 3.63) is 24.3 Å². The molecule has 0 saturated carbocycles. The molecule has 0 N–H and O–H groups in total. The van der Waals surface area contributed by atoms with Crippen molar-refractivity contribution >= 4 is 11.9 Å². The number of nitrogens with zero attached hydrogens (tertiary/aromatic N) is 1. The summed E-state index contributed by atoms with van der Waals surface area (Å²) in [6.07, 6.45) is 33.1. The highest BCUT2D eigenvalue weighted by Crippen LogP contribution is 2.11. The van der Waals surface area contributed by atoms with E-state index in [9.17, 15) is 9.59 Å². The van der Waals surface area contributed by atoms with Gasteiger partial charge in [0, 0.05) is 39.2 Å². The maximum absolute atomic E-state index is 11.9. The van der Waals surface area contributed by atoms with Crippen LogP contribution in [0.4, 0.5) is 0 Å². The van der Waals surface area contributed by atoms with Crippen LogP contribution in [-0.2, 0) is 28.5 Å². The topological polar surface area (TPSA) is 74.3 Å². The number of unbranched alkanes of at least 4 members (excludes halogenated alkanes) is 16. The molecule has 0 aromatic heterocycles. The van der Waals surface area contributed by atoms with Crippen molar-refractivity contribution in [2.45, 2.75) is 168 Å². The Morgan fingerprint density at radius 1 is 0.553 bits per heavy atom. The average Bonchev–Trinajstić information content (AvgIpc) is 3.05. The van der Waals surface area contributed by atoms with Gasteiger partial charge in [0.1, 0.15) is 13.2 Å². The average molecular weight is 666 g/mol. The van der Waals surface area contributed by atoms with Crippen molar-refractivity contribution in [2.75, 3.05) is 53.7 Å². The van der Waals surface area contributed by atoms with Gasteiger partial charge in [-0.3, -0.25) is 9.59 Å². The van der Waals surface area contributed by atoms with Crippen LogP contribution in [0.15, 0.2) is 24.3 Å². The standard InChI is InChI=1S/C40H75NO6/c1-5-7-9-11-14-20-27-34-46-39(42)29-23-17-13-16-19-26-33-45-38(37-41(3)4)31-36-44-32-25-22-18-24-30-40(43)47-35-28-21-15-12-10-8-6-2/h20-21,27-28,38H,5-19,22-26,29-37H2,1-4H3. The van der Waals surface area contributed by atoms with Crippen LogP contribution < -0.4 is 0 Å². The minimum absolute atomic E-state index is 0.0776. The summed E-state index contributed by atoms with van der Waals surface area (Å²) in [6, 6.07) is 0. The summed E-state index contributed by atoms with van der Waals surface area (Å²) in [5.74, 6) is -0.170. The highest BCUT2D eigenvalue weighted by Gasteiger charge is 2.11. The van der Waals surface area contributed by atoms with Crippen LogP contribution in [0.25, 0.3) is 0 Å². The van der Waals surface area contributed by atoms with Crippen molar-refractivity contribution in [1.82, 2.24) is 4.90 Å². The van der Waals surface area contributed by atoms with Gasteiger partial charge in [0.2, 0.25) is 0 Å². The van der Waals surface area contributed by atoms with E-state index in [1.165, 1.54) is 57.8 Å². The lowest BCUT2D eigenvalue weighted by Gasteiger charge is -2.21. The van der Waals surface area contributed by atoms with Gasteiger partial charge < -0.3 is 23.8 Å². The SMILES string of the molecule is CCCCCCC=CCOC(=O)CCCCCCCCOC(CCOCCCCCCC(=O)OCC=CCCCCCC)CN(C)C. The van der Waals surface area contributed by atoms with Crippen LogP contribution in [0.1, 0.15) is 162 Å². The van der Waals surface area contributed by atoms with Gasteiger partial charge in [-0.05, 0) is 71.9 Å². The zero-order chi connectivity index (χ0) is 34.5. The van der Waals surface area contributed by atoms with Crippen LogP contribution >= 0.6 is 0 Å². The summed E-state index contributed by atoms with van der Waals surface area (Å²) < 4.78 is 22.7. The first-order chi connectivity index (χ1) is 23.0. The number of likely N-dealkylation sites (N-methyl/N-ethyl adjacent to an activating group) is 1. The van der Waals surface area contributed by atoms with Crippen molar-refractivity contribution in [3.63, 3.8) is 0 Å². The molecule has 0 aliphatic rings. The van der Waals surface area contributed by atoms with Crippen molar-refractivity contribution in [3.8, 4) is 0 Å². The number of carbonyl (C=O) groups is 2. The smallest absolute Gasteiger partial charge is 0.306 e. The van der Waals surface area contributed by atoms with Gasteiger partial charge in [-0.25, -0.2) is 0 Å². The Morgan fingerprint density at radius 3 is 1.53 bits per heavy atom. The van der Waals surface area contributed by atoms with Gasteiger partial charge in [0.15, 0.2) is 0 Å². The molecule has 0 aliphatic carbocycles. The normalized spacial score (nSPS) is 12.4. The second kappa shape index (κ2) is 37.1. The zero-order valence-corrected chi connectivity index (χ0v) is 31.3. The molecule has 0 amide bonds. The fraction of sp³-hybridized carbons (Fsp3) is 0.850. The van der Waals surface area contributed by atoms with E-state index >= 15 is 0 Å². The molecule has 0 radical (unpaired) electrons. The molecule has 0 aromatic carbocycles. The summed E-state index contributed by atoms with van der Waals surface area (Å²) >= 11 is 0. The van der Waals surface area contributed by atoms with E-state index in [0.29, 0.717) is 32.7 Å². The number of carbonyl (C=O) groups excluding carboxylic acids is 2. The van der Waals surface area contributed by atoms with Gasteiger partial charge in [0.05, 0.1) is 6.10 Å². The highest BCUT2D eigenvalue weighted by molar-refractivity contribution is 5.69. The first-order valence-electron chi connectivity index (χ1n) is 19.4. The molecule has 0 fully saturated rings. The van der Waals surface area contributed by atoms with Gasteiger partial charge >= 0.3 is 11.9 Å². The third kappa shape index (κ3) is 37.0. The second-order valence-electron chi connectivity index (χ2n) is 13.2. The molecule has 276 valence electrons. The molecule has 1 atom stereocenters. The molecule has 1 unspecified atom stereocenters. The largest absolute Gasteiger partial charge is 0.461 e. The molecule has 0 aliphatic heterocycles. The molecule has 7 nitrogen and oxygen atoms in total. The van der Waals surface area contributed by atoms with Gasteiger partial charge in [-0.2, -0.15) is 0 Å². The van der Waals surface area contributed by atoms with Crippen LogP contribution in [-0.4, -0.2) is 76.6 Å². The fourth-order valence-corrected chi connectivity index (χ4v) is 5.28. The quantitative estimate of drug-likeness (QED) is 0.0375. The van der Waals surface area contributed by atoms with Gasteiger partial charge in [-0.15, -0.1) is 0 Å².